The molecule has 1 aromatic carbocycles. The van der Waals surface area contributed by atoms with Crippen LogP contribution in [0.4, 0.5) is 5.69 Å². The lowest BCUT2D eigenvalue weighted by atomic mass is 10.1. The smallest absolute Gasteiger partial charge is 0.241 e. The fourth-order valence-corrected chi connectivity index (χ4v) is 2.49. The van der Waals surface area contributed by atoms with Crippen molar-refractivity contribution < 1.29 is 9.53 Å². The number of rotatable bonds is 4. The van der Waals surface area contributed by atoms with Crippen molar-refractivity contribution in [3.8, 4) is 0 Å². The molecule has 1 aromatic rings. The zero-order chi connectivity index (χ0) is 15.4. The van der Waals surface area contributed by atoms with Crippen LogP contribution in [0, 0.1) is 0 Å². The van der Waals surface area contributed by atoms with Gasteiger partial charge in [-0.1, -0.05) is 24.4 Å². The zero-order valence-electron chi connectivity index (χ0n) is 12.3. The van der Waals surface area contributed by atoms with Crippen LogP contribution < -0.4 is 11.1 Å². The van der Waals surface area contributed by atoms with Gasteiger partial charge in [-0.2, -0.15) is 0 Å². The average molecular weight is 307 g/mol. The van der Waals surface area contributed by atoms with Gasteiger partial charge in [0.25, 0.3) is 0 Å². The summed E-state index contributed by atoms with van der Waals surface area (Å²) in [5, 5.41) is 2.91. The molecule has 1 saturated heterocycles. The van der Waals surface area contributed by atoms with E-state index < -0.39 is 0 Å². The summed E-state index contributed by atoms with van der Waals surface area (Å²) in [6.07, 6.45) is 0.159. The molecule has 6 heteroatoms. The predicted octanol–water partition coefficient (Wildman–Crippen LogP) is 1.37. The number of thiocarbonyl (C=S) groups is 1. The Labute approximate surface area is 130 Å². The van der Waals surface area contributed by atoms with Crippen LogP contribution in [0.3, 0.4) is 0 Å². The summed E-state index contributed by atoms with van der Waals surface area (Å²) < 4.78 is 5.50. The highest BCUT2D eigenvalue weighted by molar-refractivity contribution is 7.80. The number of nitrogens with two attached hydrogens (primary N) is 1. The number of benzene rings is 1. The maximum absolute atomic E-state index is 12.3. The van der Waals surface area contributed by atoms with Gasteiger partial charge >= 0.3 is 0 Å². The Kier molecular flexibility index (Phi) is 5.27. The van der Waals surface area contributed by atoms with Gasteiger partial charge in [0.2, 0.25) is 5.91 Å². The summed E-state index contributed by atoms with van der Waals surface area (Å²) in [5.41, 5.74) is 7.05. The number of carbonyl (C=O) groups is 1. The number of amides is 1. The van der Waals surface area contributed by atoms with Gasteiger partial charge in [0.15, 0.2) is 0 Å². The predicted molar refractivity (Wildman–Crippen MR) is 87.4 cm³/mol. The largest absolute Gasteiger partial charge is 0.389 e. The minimum absolute atomic E-state index is 0.0378. The summed E-state index contributed by atoms with van der Waals surface area (Å²) in [7, 11) is 0. The molecule has 1 aliphatic rings. The number of carbonyl (C=O) groups excluding carboxylic acids is 1. The summed E-state index contributed by atoms with van der Waals surface area (Å²) in [5.74, 6) is -0.0378. The van der Waals surface area contributed by atoms with E-state index in [1.165, 1.54) is 0 Å². The van der Waals surface area contributed by atoms with Gasteiger partial charge in [0.1, 0.15) is 4.99 Å². The van der Waals surface area contributed by atoms with Gasteiger partial charge in [-0.15, -0.1) is 0 Å². The first-order valence-electron chi connectivity index (χ1n) is 7.03. The van der Waals surface area contributed by atoms with E-state index in [1.807, 2.05) is 32.0 Å². The number of nitrogens with one attached hydrogen (secondary N) is 1. The number of nitrogens with zero attached hydrogens (tertiary/aromatic N) is 1. The molecule has 3 N–H and O–H groups in total. The normalized spacial score (nSPS) is 20.8. The van der Waals surface area contributed by atoms with Crippen molar-refractivity contribution in [2.24, 2.45) is 5.73 Å². The molecule has 0 aromatic heterocycles. The minimum Gasteiger partial charge on any atom is -0.389 e. The van der Waals surface area contributed by atoms with E-state index in [9.17, 15) is 4.79 Å². The van der Waals surface area contributed by atoms with Crippen LogP contribution in [0.15, 0.2) is 24.3 Å². The molecule has 0 saturated carbocycles. The molecule has 1 aliphatic heterocycles. The number of hydrogen-bond donors (Lipinski definition) is 2. The summed E-state index contributed by atoms with van der Waals surface area (Å²) in [4.78, 5) is 14.8. The summed E-state index contributed by atoms with van der Waals surface area (Å²) >= 11 is 4.95. The molecule has 114 valence electrons. The van der Waals surface area contributed by atoms with E-state index in [4.69, 9.17) is 22.7 Å². The first-order valence-corrected chi connectivity index (χ1v) is 7.44. The SMILES string of the molecule is CC1CN(C(C)C(=O)Nc2cccc(C(N)=S)c2)CCO1. The van der Waals surface area contributed by atoms with E-state index in [2.05, 4.69) is 10.2 Å². The Morgan fingerprint density at radius 2 is 2.33 bits per heavy atom. The van der Waals surface area contributed by atoms with E-state index in [0.717, 1.165) is 18.7 Å². The molecule has 2 rings (SSSR count). The standard InChI is InChI=1S/C15H21N3O2S/c1-10-9-18(6-7-20-10)11(2)15(19)17-13-5-3-4-12(8-13)14(16)21/h3-5,8,10-11H,6-7,9H2,1-2H3,(H2,16,21)(H,17,19). The number of hydrogen-bond acceptors (Lipinski definition) is 4. The lowest BCUT2D eigenvalue weighted by Gasteiger charge is -2.34. The van der Waals surface area contributed by atoms with E-state index >= 15 is 0 Å². The van der Waals surface area contributed by atoms with Gasteiger partial charge in [-0.05, 0) is 26.0 Å². The first-order chi connectivity index (χ1) is 9.97. The monoisotopic (exact) mass is 307 g/mol. The van der Waals surface area contributed by atoms with Gasteiger partial charge in [-0.3, -0.25) is 9.69 Å². The molecule has 0 spiro atoms. The fraction of sp³-hybridized carbons (Fsp3) is 0.467. The Hall–Kier alpha value is -1.50. The maximum atomic E-state index is 12.3. The molecule has 1 amide bonds. The van der Waals surface area contributed by atoms with Gasteiger partial charge in [0.05, 0.1) is 18.8 Å². The third kappa shape index (κ3) is 4.23. The molecule has 0 aliphatic carbocycles. The maximum Gasteiger partial charge on any atom is 0.241 e. The molecule has 2 atom stereocenters. The Morgan fingerprint density at radius 1 is 1.57 bits per heavy atom. The second kappa shape index (κ2) is 6.98. The van der Waals surface area contributed by atoms with Crippen molar-refractivity contribution in [2.75, 3.05) is 25.0 Å². The van der Waals surface area contributed by atoms with Gasteiger partial charge < -0.3 is 15.8 Å². The molecule has 2 unspecified atom stereocenters. The zero-order valence-corrected chi connectivity index (χ0v) is 13.2. The average Bonchev–Trinajstić information content (AvgIpc) is 2.46. The van der Waals surface area contributed by atoms with Crippen LogP contribution in [0.2, 0.25) is 0 Å². The van der Waals surface area contributed by atoms with Crippen molar-refractivity contribution in [1.29, 1.82) is 0 Å². The van der Waals surface area contributed by atoms with E-state index in [1.54, 1.807) is 6.07 Å². The van der Waals surface area contributed by atoms with Crippen LogP contribution >= 0.6 is 12.2 Å². The molecule has 0 bridgehead atoms. The molecular formula is C15H21N3O2S. The quantitative estimate of drug-likeness (QED) is 0.822. The third-order valence-electron chi connectivity index (χ3n) is 3.61. The number of ether oxygens (including phenoxy) is 1. The van der Waals surface area contributed by atoms with Crippen LogP contribution in [-0.4, -0.2) is 47.6 Å². The van der Waals surface area contributed by atoms with E-state index in [-0.39, 0.29) is 18.1 Å². The van der Waals surface area contributed by atoms with Crippen molar-refractivity contribution in [1.82, 2.24) is 4.90 Å². The van der Waals surface area contributed by atoms with Crippen molar-refractivity contribution in [3.63, 3.8) is 0 Å². The molecule has 1 fully saturated rings. The van der Waals surface area contributed by atoms with Crippen molar-refractivity contribution in [3.05, 3.63) is 29.8 Å². The highest BCUT2D eigenvalue weighted by Gasteiger charge is 2.26. The molecule has 21 heavy (non-hydrogen) atoms. The Bertz CT molecular complexity index is 535. The molecule has 1 heterocycles. The third-order valence-corrected chi connectivity index (χ3v) is 3.85. The topological polar surface area (TPSA) is 67.6 Å². The molecular weight excluding hydrogens is 286 g/mol. The Balaban J connectivity index is 2.00. The van der Waals surface area contributed by atoms with Crippen LogP contribution in [-0.2, 0) is 9.53 Å². The number of morpholine rings is 1. The van der Waals surface area contributed by atoms with Crippen molar-refractivity contribution >= 4 is 28.8 Å². The summed E-state index contributed by atoms with van der Waals surface area (Å²) in [6.45, 7) is 6.12. The lowest BCUT2D eigenvalue weighted by molar-refractivity contribution is -0.123. The van der Waals surface area contributed by atoms with Crippen molar-refractivity contribution in [2.45, 2.75) is 26.0 Å². The Morgan fingerprint density at radius 3 is 3.00 bits per heavy atom. The highest BCUT2D eigenvalue weighted by Crippen LogP contribution is 2.14. The van der Waals surface area contributed by atoms with Gasteiger partial charge in [0, 0.05) is 24.3 Å². The van der Waals surface area contributed by atoms with Crippen LogP contribution in [0.25, 0.3) is 0 Å². The number of anilines is 1. The molecule has 5 nitrogen and oxygen atoms in total. The lowest BCUT2D eigenvalue weighted by Crippen LogP contribution is -2.50. The second-order valence-electron chi connectivity index (χ2n) is 5.29. The van der Waals surface area contributed by atoms with Gasteiger partial charge in [-0.25, -0.2) is 0 Å². The van der Waals surface area contributed by atoms with Crippen LogP contribution in [0.1, 0.15) is 19.4 Å². The van der Waals surface area contributed by atoms with E-state index in [0.29, 0.717) is 17.3 Å². The minimum atomic E-state index is -0.204. The second-order valence-corrected chi connectivity index (χ2v) is 5.73. The molecule has 0 radical (unpaired) electrons. The first kappa shape index (κ1) is 15.9. The fourth-order valence-electron chi connectivity index (χ4n) is 2.36. The highest BCUT2D eigenvalue weighted by atomic mass is 32.1. The summed E-state index contributed by atoms with van der Waals surface area (Å²) in [6, 6.07) is 7.06. The van der Waals surface area contributed by atoms with Crippen LogP contribution in [0.5, 0.6) is 0 Å².